The van der Waals surface area contributed by atoms with Gasteiger partial charge in [0.1, 0.15) is 5.69 Å². The van der Waals surface area contributed by atoms with E-state index in [1.54, 1.807) is 22.8 Å². The molecular weight excluding hydrogens is 320 g/mol. The predicted octanol–water partition coefficient (Wildman–Crippen LogP) is 3.03. The number of nitrogens with zero attached hydrogens (tertiary/aromatic N) is 2. The van der Waals surface area contributed by atoms with E-state index in [-0.39, 0.29) is 11.1 Å². The Balaban J connectivity index is 1.68. The topological polar surface area (TPSA) is 68.6 Å². The lowest BCUT2D eigenvalue weighted by Crippen LogP contribution is -2.33. The molecule has 0 N–H and O–H groups in total. The van der Waals surface area contributed by atoms with E-state index in [2.05, 4.69) is 0 Å². The summed E-state index contributed by atoms with van der Waals surface area (Å²) in [6, 6.07) is 15.6. The smallest absolute Gasteiger partial charge is 0.335 e. The molecule has 0 unspecified atom stereocenters. The van der Waals surface area contributed by atoms with Crippen LogP contribution in [0, 0.1) is 0 Å². The largest absolute Gasteiger partial charge is 0.380 e. The third kappa shape index (κ3) is 2.22. The zero-order valence-electron chi connectivity index (χ0n) is 13.4. The van der Waals surface area contributed by atoms with Crippen LogP contribution in [0.4, 0.5) is 0 Å². The molecule has 25 heavy (non-hydrogen) atoms. The van der Waals surface area contributed by atoms with Gasteiger partial charge in [0, 0.05) is 17.4 Å². The van der Waals surface area contributed by atoms with Crippen molar-refractivity contribution < 1.29 is 19.2 Å². The highest BCUT2D eigenvalue weighted by Gasteiger charge is 2.39. The van der Waals surface area contributed by atoms with Crippen molar-refractivity contribution in [3.05, 3.63) is 71.4 Å². The quantitative estimate of drug-likeness (QED) is 0.691. The summed E-state index contributed by atoms with van der Waals surface area (Å²) in [6.07, 6.45) is 0. The fourth-order valence-electron chi connectivity index (χ4n) is 3.10. The number of carbonyl (C=O) groups is 3. The summed E-state index contributed by atoms with van der Waals surface area (Å²) in [6.45, 7) is 2.46. The van der Waals surface area contributed by atoms with Crippen molar-refractivity contribution in [1.29, 1.82) is 0 Å². The first-order valence-corrected chi connectivity index (χ1v) is 7.90. The molecule has 1 aliphatic heterocycles. The van der Waals surface area contributed by atoms with Gasteiger partial charge in [-0.3, -0.25) is 9.59 Å². The lowest BCUT2D eigenvalue weighted by molar-refractivity contribution is -0.0591. The first-order chi connectivity index (χ1) is 12.1. The zero-order chi connectivity index (χ0) is 17.6. The molecule has 3 aromatic rings. The van der Waals surface area contributed by atoms with Crippen LogP contribution in [0.15, 0.2) is 54.6 Å². The minimum atomic E-state index is -0.743. The summed E-state index contributed by atoms with van der Waals surface area (Å²) in [5.74, 6) is -2.01. The van der Waals surface area contributed by atoms with Gasteiger partial charge in [-0.05, 0) is 31.2 Å². The highest BCUT2D eigenvalue weighted by Crippen LogP contribution is 2.25. The molecular formula is C19H14N2O4. The third-order valence-electron chi connectivity index (χ3n) is 4.27. The van der Waals surface area contributed by atoms with Gasteiger partial charge in [0.2, 0.25) is 0 Å². The Bertz CT molecular complexity index is 1000. The molecule has 0 radical (unpaired) electrons. The first kappa shape index (κ1) is 15.1. The number of para-hydroxylation sites is 1. The molecule has 0 aliphatic carbocycles. The van der Waals surface area contributed by atoms with Gasteiger partial charge >= 0.3 is 5.97 Å². The molecule has 6 heteroatoms. The summed E-state index contributed by atoms with van der Waals surface area (Å²) >= 11 is 0. The summed E-state index contributed by atoms with van der Waals surface area (Å²) in [5.41, 5.74) is 1.65. The number of hydroxylamine groups is 2. The average Bonchev–Trinajstić information content (AvgIpc) is 3.13. The number of rotatable bonds is 3. The van der Waals surface area contributed by atoms with Crippen LogP contribution in [-0.4, -0.2) is 27.4 Å². The SMILES string of the molecule is CCn1c(C(=O)ON2C(=O)c3ccccc3C2=O)cc2ccccc21. The molecule has 2 heterocycles. The van der Waals surface area contributed by atoms with E-state index < -0.39 is 17.8 Å². The Morgan fingerprint density at radius 1 is 0.960 bits per heavy atom. The maximum Gasteiger partial charge on any atom is 0.380 e. The lowest BCUT2D eigenvalue weighted by Gasteiger charge is -2.13. The van der Waals surface area contributed by atoms with Crippen LogP contribution in [0.3, 0.4) is 0 Å². The molecule has 1 aromatic heterocycles. The van der Waals surface area contributed by atoms with Crippen molar-refractivity contribution in [2.75, 3.05) is 0 Å². The first-order valence-electron chi connectivity index (χ1n) is 7.90. The van der Waals surface area contributed by atoms with E-state index in [1.807, 2.05) is 31.2 Å². The summed E-state index contributed by atoms with van der Waals surface area (Å²) in [7, 11) is 0. The molecule has 1 aliphatic rings. The molecule has 0 atom stereocenters. The molecule has 0 fully saturated rings. The Labute approximate surface area is 143 Å². The number of aryl methyl sites for hydroxylation is 1. The van der Waals surface area contributed by atoms with Gasteiger partial charge < -0.3 is 9.40 Å². The van der Waals surface area contributed by atoms with E-state index in [1.165, 1.54) is 12.1 Å². The Morgan fingerprint density at radius 2 is 1.56 bits per heavy atom. The molecule has 4 rings (SSSR count). The molecule has 2 amide bonds. The zero-order valence-corrected chi connectivity index (χ0v) is 13.4. The Hall–Kier alpha value is -3.41. The van der Waals surface area contributed by atoms with Crippen molar-refractivity contribution in [2.45, 2.75) is 13.5 Å². The van der Waals surface area contributed by atoms with E-state index in [0.717, 1.165) is 10.9 Å². The van der Waals surface area contributed by atoms with Crippen LogP contribution >= 0.6 is 0 Å². The number of hydrogen-bond acceptors (Lipinski definition) is 4. The highest BCUT2D eigenvalue weighted by atomic mass is 16.7. The van der Waals surface area contributed by atoms with Crippen molar-refractivity contribution in [1.82, 2.24) is 9.63 Å². The predicted molar refractivity (Wildman–Crippen MR) is 90.0 cm³/mol. The van der Waals surface area contributed by atoms with Gasteiger partial charge in [0.25, 0.3) is 11.8 Å². The van der Waals surface area contributed by atoms with Gasteiger partial charge in [-0.2, -0.15) is 0 Å². The monoisotopic (exact) mass is 334 g/mol. The molecule has 6 nitrogen and oxygen atoms in total. The summed E-state index contributed by atoms with van der Waals surface area (Å²) < 4.78 is 1.79. The number of aromatic nitrogens is 1. The number of benzene rings is 2. The molecule has 0 saturated carbocycles. The number of imide groups is 1. The van der Waals surface area contributed by atoms with Gasteiger partial charge in [-0.1, -0.05) is 35.4 Å². The Morgan fingerprint density at radius 3 is 2.20 bits per heavy atom. The fourth-order valence-corrected chi connectivity index (χ4v) is 3.10. The fraction of sp³-hybridized carbons (Fsp3) is 0.105. The number of fused-ring (bicyclic) bond motifs is 2. The lowest BCUT2D eigenvalue weighted by atomic mass is 10.1. The van der Waals surface area contributed by atoms with E-state index >= 15 is 0 Å². The van der Waals surface area contributed by atoms with Crippen LogP contribution in [0.1, 0.15) is 38.1 Å². The van der Waals surface area contributed by atoms with Crippen LogP contribution in [0.5, 0.6) is 0 Å². The number of hydrogen-bond donors (Lipinski definition) is 0. The van der Waals surface area contributed by atoms with Gasteiger partial charge in [0.05, 0.1) is 11.1 Å². The normalized spacial score (nSPS) is 13.4. The molecule has 124 valence electrons. The van der Waals surface area contributed by atoms with Crippen molar-refractivity contribution in [2.24, 2.45) is 0 Å². The highest BCUT2D eigenvalue weighted by molar-refractivity contribution is 6.21. The van der Waals surface area contributed by atoms with Crippen molar-refractivity contribution in [3.8, 4) is 0 Å². The second-order valence-electron chi connectivity index (χ2n) is 5.66. The summed E-state index contributed by atoms with van der Waals surface area (Å²) in [4.78, 5) is 42.4. The van der Waals surface area contributed by atoms with Crippen LogP contribution < -0.4 is 0 Å². The van der Waals surface area contributed by atoms with Gasteiger partial charge in [0.15, 0.2) is 0 Å². The van der Waals surface area contributed by atoms with Gasteiger partial charge in [-0.25, -0.2) is 4.79 Å². The maximum atomic E-state index is 12.6. The number of carbonyl (C=O) groups excluding carboxylic acids is 3. The Kier molecular flexibility index (Phi) is 3.39. The molecule has 0 bridgehead atoms. The van der Waals surface area contributed by atoms with E-state index in [9.17, 15) is 14.4 Å². The average molecular weight is 334 g/mol. The molecule has 0 saturated heterocycles. The molecule has 0 spiro atoms. The van der Waals surface area contributed by atoms with Crippen LogP contribution in [-0.2, 0) is 11.4 Å². The summed E-state index contributed by atoms with van der Waals surface area (Å²) in [5, 5.41) is 1.42. The standard InChI is InChI=1S/C19H14N2O4/c1-2-20-15-10-6-3-7-12(15)11-16(20)19(24)25-21-17(22)13-8-4-5-9-14(13)18(21)23/h3-11H,2H2,1H3. The minimum absolute atomic E-state index is 0.233. The van der Waals surface area contributed by atoms with Crippen LogP contribution in [0.2, 0.25) is 0 Å². The molecule has 2 aromatic carbocycles. The second kappa shape index (κ2) is 5.59. The van der Waals surface area contributed by atoms with Crippen LogP contribution in [0.25, 0.3) is 10.9 Å². The van der Waals surface area contributed by atoms with Crippen molar-refractivity contribution in [3.63, 3.8) is 0 Å². The van der Waals surface area contributed by atoms with Crippen molar-refractivity contribution >= 4 is 28.7 Å². The number of amides is 2. The van der Waals surface area contributed by atoms with E-state index in [0.29, 0.717) is 17.3 Å². The maximum absolute atomic E-state index is 12.6. The third-order valence-corrected chi connectivity index (χ3v) is 4.27. The van der Waals surface area contributed by atoms with E-state index in [4.69, 9.17) is 4.84 Å². The minimum Gasteiger partial charge on any atom is -0.335 e. The van der Waals surface area contributed by atoms with Gasteiger partial charge in [-0.15, -0.1) is 0 Å². The second-order valence-corrected chi connectivity index (χ2v) is 5.66.